The summed E-state index contributed by atoms with van der Waals surface area (Å²) in [5.41, 5.74) is 2.68. The summed E-state index contributed by atoms with van der Waals surface area (Å²) >= 11 is 0. The summed E-state index contributed by atoms with van der Waals surface area (Å²) in [4.78, 5) is 38.1. The summed E-state index contributed by atoms with van der Waals surface area (Å²) in [5, 5.41) is 5.08. The Morgan fingerprint density at radius 3 is 2.52 bits per heavy atom. The zero-order valence-electron chi connectivity index (χ0n) is 13.5. The molecule has 0 spiro atoms. The lowest BCUT2D eigenvalue weighted by Gasteiger charge is -2.18. The molecule has 4 rings (SSSR count). The molecule has 0 aromatic heterocycles. The van der Waals surface area contributed by atoms with Gasteiger partial charge < -0.3 is 10.2 Å². The van der Waals surface area contributed by atoms with Crippen LogP contribution in [-0.2, 0) is 0 Å². The molecule has 2 N–H and O–H groups in total. The Morgan fingerprint density at radius 2 is 1.72 bits per heavy atom. The number of fused-ring (bicyclic) bond motifs is 1. The fourth-order valence-electron chi connectivity index (χ4n) is 3.27. The van der Waals surface area contributed by atoms with Gasteiger partial charge in [0.1, 0.15) is 0 Å². The number of carbonyl (C=O) groups excluding carboxylic acids is 3. The summed E-state index contributed by atoms with van der Waals surface area (Å²) in [5.74, 6) is -1.20. The van der Waals surface area contributed by atoms with Crippen LogP contribution in [0.15, 0.2) is 42.5 Å². The van der Waals surface area contributed by atoms with Crippen molar-refractivity contribution in [1.29, 1.82) is 0 Å². The lowest BCUT2D eigenvalue weighted by Crippen LogP contribution is -2.20. The first-order valence-electron chi connectivity index (χ1n) is 8.28. The molecule has 0 bridgehead atoms. The van der Waals surface area contributed by atoms with Gasteiger partial charge in [-0.15, -0.1) is 0 Å². The van der Waals surface area contributed by atoms with Crippen LogP contribution in [0.25, 0.3) is 0 Å². The number of amides is 3. The van der Waals surface area contributed by atoms with Gasteiger partial charge in [0.15, 0.2) is 0 Å². The first-order valence-corrected chi connectivity index (χ1v) is 8.28. The van der Waals surface area contributed by atoms with Gasteiger partial charge in [-0.2, -0.15) is 0 Å². The molecule has 0 saturated carbocycles. The molecule has 2 aliphatic rings. The van der Waals surface area contributed by atoms with Crippen LogP contribution in [0.2, 0.25) is 0 Å². The number of nitrogens with zero attached hydrogens (tertiary/aromatic N) is 1. The van der Waals surface area contributed by atoms with E-state index in [1.165, 1.54) is 25.0 Å². The minimum absolute atomic E-state index is 0.239. The van der Waals surface area contributed by atoms with E-state index < -0.39 is 11.8 Å². The maximum absolute atomic E-state index is 12.5. The fraction of sp³-hybridized carbons (Fsp3) is 0.211. The number of hydrogen-bond acceptors (Lipinski definition) is 4. The zero-order valence-corrected chi connectivity index (χ0v) is 13.5. The van der Waals surface area contributed by atoms with Crippen molar-refractivity contribution in [3.63, 3.8) is 0 Å². The van der Waals surface area contributed by atoms with Crippen LogP contribution >= 0.6 is 0 Å². The van der Waals surface area contributed by atoms with Crippen LogP contribution < -0.4 is 15.5 Å². The molecule has 2 heterocycles. The lowest BCUT2D eigenvalue weighted by atomic mass is 10.1. The van der Waals surface area contributed by atoms with Crippen LogP contribution in [0, 0.1) is 0 Å². The van der Waals surface area contributed by atoms with Crippen molar-refractivity contribution in [3.05, 3.63) is 59.2 Å². The van der Waals surface area contributed by atoms with Gasteiger partial charge in [0.25, 0.3) is 17.7 Å². The van der Waals surface area contributed by atoms with Gasteiger partial charge in [-0.05, 0) is 49.2 Å². The third-order valence-electron chi connectivity index (χ3n) is 4.57. The molecule has 6 nitrogen and oxygen atoms in total. The topological polar surface area (TPSA) is 78.5 Å². The second-order valence-corrected chi connectivity index (χ2v) is 6.24. The van der Waals surface area contributed by atoms with Crippen LogP contribution in [0.4, 0.5) is 11.4 Å². The maximum Gasteiger partial charge on any atom is 0.258 e. The highest BCUT2D eigenvalue weighted by Gasteiger charge is 2.27. The number of nitrogens with one attached hydrogen (secondary N) is 2. The standard InChI is InChI=1S/C19H17N3O3/c23-17(12-6-7-15-16(10-12)19(25)21-18(15)24)20-13-4-3-5-14(11-13)22-8-1-2-9-22/h3-7,10-11H,1-2,8-9H2,(H,20,23)(H,21,24,25). The molecule has 2 aromatic rings. The average Bonchev–Trinajstić information content (AvgIpc) is 3.24. The van der Waals surface area contributed by atoms with E-state index in [1.807, 2.05) is 24.3 Å². The Labute approximate surface area is 144 Å². The minimum Gasteiger partial charge on any atom is -0.371 e. The summed E-state index contributed by atoms with van der Waals surface area (Å²) < 4.78 is 0. The van der Waals surface area contributed by atoms with E-state index in [4.69, 9.17) is 0 Å². The molecule has 2 aliphatic heterocycles. The van der Waals surface area contributed by atoms with Gasteiger partial charge in [-0.25, -0.2) is 0 Å². The van der Waals surface area contributed by atoms with E-state index in [2.05, 4.69) is 15.5 Å². The van der Waals surface area contributed by atoms with Gasteiger partial charge in [-0.3, -0.25) is 19.7 Å². The van der Waals surface area contributed by atoms with Gasteiger partial charge in [-0.1, -0.05) is 6.07 Å². The Bertz CT molecular complexity index is 885. The second kappa shape index (κ2) is 6.05. The predicted octanol–water partition coefficient (Wildman–Crippen LogP) is 2.42. The number of anilines is 2. The van der Waals surface area contributed by atoms with E-state index in [9.17, 15) is 14.4 Å². The number of rotatable bonds is 3. The molecular weight excluding hydrogens is 318 g/mol. The van der Waals surface area contributed by atoms with Crippen LogP contribution in [0.3, 0.4) is 0 Å². The van der Waals surface area contributed by atoms with Crippen molar-refractivity contribution in [2.75, 3.05) is 23.3 Å². The first-order chi connectivity index (χ1) is 12.1. The Hall–Kier alpha value is -3.15. The molecule has 6 heteroatoms. The number of benzene rings is 2. The number of hydrogen-bond donors (Lipinski definition) is 2. The van der Waals surface area contributed by atoms with Gasteiger partial charge in [0.05, 0.1) is 11.1 Å². The van der Waals surface area contributed by atoms with Crippen molar-refractivity contribution < 1.29 is 14.4 Å². The molecule has 1 saturated heterocycles. The highest BCUT2D eigenvalue weighted by atomic mass is 16.2. The largest absolute Gasteiger partial charge is 0.371 e. The van der Waals surface area contributed by atoms with Gasteiger partial charge >= 0.3 is 0 Å². The maximum atomic E-state index is 12.5. The highest BCUT2D eigenvalue weighted by molar-refractivity contribution is 6.22. The summed E-state index contributed by atoms with van der Waals surface area (Å²) in [7, 11) is 0. The van der Waals surface area contributed by atoms with E-state index in [1.54, 1.807) is 6.07 Å². The predicted molar refractivity (Wildman–Crippen MR) is 94.1 cm³/mol. The average molecular weight is 335 g/mol. The molecule has 126 valence electrons. The second-order valence-electron chi connectivity index (χ2n) is 6.24. The SMILES string of the molecule is O=C(Nc1cccc(N2CCCC2)c1)c1ccc2c(c1)C(=O)NC2=O. The molecule has 0 aliphatic carbocycles. The summed E-state index contributed by atoms with van der Waals surface area (Å²) in [6.07, 6.45) is 2.37. The zero-order chi connectivity index (χ0) is 17.4. The highest BCUT2D eigenvalue weighted by Crippen LogP contribution is 2.24. The number of imide groups is 1. The molecule has 0 atom stereocenters. The van der Waals surface area contributed by atoms with Gasteiger partial charge in [0.2, 0.25) is 0 Å². The normalized spacial score (nSPS) is 15.9. The molecule has 0 unspecified atom stereocenters. The van der Waals surface area contributed by atoms with E-state index in [-0.39, 0.29) is 11.5 Å². The smallest absolute Gasteiger partial charge is 0.258 e. The minimum atomic E-state index is -0.467. The van der Waals surface area contributed by atoms with E-state index in [0.717, 1.165) is 18.8 Å². The van der Waals surface area contributed by atoms with Crippen molar-refractivity contribution in [2.24, 2.45) is 0 Å². The monoisotopic (exact) mass is 335 g/mol. The third kappa shape index (κ3) is 2.87. The fourth-order valence-corrected chi connectivity index (χ4v) is 3.27. The molecular formula is C19H17N3O3. The van der Waals surface area contributed by atoms with E-state index >= 15 is 0 Å². The third-order valence-corrected chi connectivity index (χ3v) is 4.57. The van der Waals surface area contributed by atoms with E-state index in [0.29, 0.717) is 16.8 Å². The van der Waals surface area contributed by atoms with Crippen molar-refractivity contribution in [2.45, 2.75) is 12.8 Å². The summed E-state index contributed by atoms with van der Waals surface area (Å²) in [6.45, 7) is 2.07. The van der Waals surface area contributed by atoms with Crippen molar-refractivity contribution >= 4 is 29.1 Å². The molecule has 3 amide bonds. The quantitative estimate of drug-likeness (QED) is 0.845. The number of carbonyl (C=O) groups is 3. The first kappa shape index (κ1) is 15.4. The lowest BCUT2D eigenvalue weighted by molar-refractivity contribution is 0.0879. The van der Waals surface area contributed by atoms with Crippen LogP contribution in [0.5, 0.6) is 0 Å². The van der Waals surface area contributed by atoms with Crippen molar-refractivity contribution in [3.8, 4) is 0 Å². The molecule has 1 fully saturated rings. The summed E-state index contributed by atoms with van der Waals surface area (Å²) in [6, 6.07) is 12.2. The van der Waals surface area contributed by atoms with Gasteiger partial charge in [0, 0.05) is 30.0 Å². The molecule has 2 aromatic carbocycles. The Morgan fingerprint density at radius 1 is 0.960 bits per heavy atom. The molecule has 0 radical (unpaired) electrons. The Balaban J connectivity index is 1.55. The van der Waals surface area contributed by atoms with Crippen molar-refractivity contribution in [1.82, 2.24) is 5.32 Å². The van der Waals surface area contributed by atoms with Crippen LogP contribution in [0.1, 0.15) is 43.9 Å². The van der Waals surface area contributed by atoms with Crippen LogP contribution in [-0.4, -0.2) is 30.8 Å². The Kier molecular flexibility index (Phi) is 3.72. The molecule has 25 heavy (non-hydrogen) atoms.